The molecule has 112 valence electrons. The normalized spacial score (nSPS) is 17.6. The predicted octanol–water partition coefficient (Wildman–Crippen LogP) is 1.24. The Morgan fingerprint density at radius 3 is 2.70 bits per heavy atom. The largest absolute Gasteiger partial charge is 0.339 e. The molecular formula is C14H24N4OS. The number of carbonyl (C=O) groups excluding carboxylic acids is 1. The second-order valence-electron chi connectivity index (χ2n) is 5.62. The number of amides is 1. The van der Waals surface area contributed by atoms with Gasteiger partial charge in [-0.05, 0) is 40.0 Å². The molecule has 20 heavy (non-hydrogen) atoms. The van der Waals surface area contributed by atoms with Crippen molar-refractivity contribution >= 4 is 17.2 Å². The van der Waals surface area contributed by atoms with Crippen molar-refractivity contribution in [2.45, 2.75) is 18.9 Å². The van der Waals surface area contributed by atoms with E-state index < -0.39 is 0 Å². The van der Waals surface area contributed by atoms with Crippen molar-refractivity contribution in [3.8, 4) is 0 Å². The van der Waals surface area contributed by atoms with Gasteiger partial charge in [0.2, 0.25) is 0 Å². The lowest BCUT2D eigenvalue weighted by molar-refractivity contribution is 0.0753. The van der Waals surface area contributed by atoms with Gasteiger partial charge in [0, 0.05) is 31.6 Å². The molecule has 1 aliphatic rings. The number of likely N-dealkylation sites (tertiary alicyclic amines) is 1. The van der Waals surface area contributed by atoms with E-state index >= 15 is 0 Å². The van der Waals surface area contributed by atoms with E-state index in [2.05, 4.69) is 28.9 Å². The lowest BCUT2D eigenvalue weighted by Crippen LogP contribution is -2.44. The van der Waals surface area contributed by atoms with Gasteiger partial charge in [-0.3, -0.25) is 4.79 Å². The van der Waals surface area contributed by atoms with Gasteiger partial charge in [0.1, 0.15) is 5.69 Å². The summed E-state index contributed by atoms with van der Waals surface area (Å²) < 4.78 is 0. The van der Waals surface area contributed by atoms with Gasteiger partial charge in [-0.1, -0.05) is 0 Å². The number of hydrogen-bond acceptors (Lipinski definition) is 5. The lowest BCUT2D eigenvalue weighted by Gasteiger charge is -2.35. The molecule has 0 unspecified atom stereocenters. The Hall–Kier alpha value is -0.980. The number of rotatable bonds is 5. The fourth-order valence-electron chi connectivity index (χ4n) is 2.54. The SMILES string of the molecule is CN1CCC(N(C)CCN(C)C(=O)c2cscn2)CC1. The second kappa shape index (κ2) is 7.15. The monoisotopic (exact) mass is 296 g/mol. The van der Waals surface area contributed by atoms with Crippen LogP contribution in [0.1, 0.15) is 23.3 Å². The Morgan fingerprint density at radius 2 is 2.10 bits per heavy atom. The molecule has 1 aliphatic heterocycles. The third-order valence-electron chi connectivity index (χ3n) is 4.10. The summed E-state index contributed by atoms with van der Waals surface area (Å²) in [7, 11) is 6.19. The van der Waals surface area contributed by atoms with Crippen LogP contribution in [-0.4, -0.2) is 79.0 Å². The van der Waals surface area contributed by atoms with Gasteiger partial charge < -0.3 is 14.7 Å². The maximum absolute atomic E-state index is 12.1. The molecule has 1 amide bonds. The first-order valence-corrected chi connectivity index (χ1v) is 8.04. The van der Waals surface area contributed by atoms with Crippen molar-refractivity contribution in [1.29, 1.82) is 0 Å². The fraction of sp³-hybridized carbons (Fsp3) is 0.714. The number of hydrogen-bond donors (Lipinski definition) is 0. The van der Waals surface area contributed by atoms with Gasteiger partial charge in [0.15, 0.2) is 0 Å². The Kier molecular flexibility index (Phi) is 5.51. The quantitative estimate of drug-likeness (QED) is 0.820. The molecule has 2 rings (SSSR count). The lowest BCUT2D eigenvalue weighted by atomic mass is 10.0. The minimum atomic E-state index is 0.0167. The molecule has 1 fully saturated rings. The highest BCUT2D eigenvalue weighted by molar-refractivity contribution is 7.07. The van der Waals surface area contributed by atoms with Crippen LogP contribution < -0.4 is 0 Å². The number of nitrogens with zero attached hydrogens (tertiary/aromatic N) is 4. The van der Waals surface area contributed by atoms with Gasteiger partial charge in [0.25, 0.3) is 5.91 Å². The van der Waals surface area contributed by atoms with Crippen LogP contribution in [-0.2, 0) is 0 Å². The first-order chi connectivity index (χ1) is 9.58. The Bertz CT molecular complexity index is 415. The number of piperidine rings is 1. The summed E-state index contributed by atoms with van der Waals surface area (Å²) in [4.78, 5) is 22.7. The molecule has 0 saturated carbocycles. The summed E-state index contributed by atoms with van der Waals surface area (Å²) in [5.41, 5.74) is 2.26. The zero-order chi connectivity index (χ0) is 14.5. The molecule has 0 atom stereocenters. The van der Waals surface area contributed by atoms with Gasteiger partial charge in [-0.2, -0.15) is 0 Å². The van der Waals surface area contributed by atoms with Crippen LogP contribution in [0.15, 0.2) is 10.9 Å². The second-order valence-corrected chi connectivity index (χ2v) is 6.33. The van der Waals surface area contributed by atoms with Gasteiger partial charge >= 0.3 is 0 Å². The molecule has 0 aliphatic carbocycles. The standard InChI is InChI=1S/C14H24N4OS/c1-16-6-4-12(5-7-16)17(2)8-9-18(3)14(19)13-10-20-11-15-13/h10-12H,4-9H2,1-3H3. The van der Waals surface area contributed by atoms with E-state index in [1.807, 2.05) is 7.05 Å². The highest BCUT2D eigenvalue weighted by Crippen LogP contribution is 2.14. The molecule has 0 spiro atoms. The van der Waals surface area contributed by atoms with Crippen molar-refractivity contribution in [2.75, 3.05) is 47.3 Å². The van der Waals surface area contributed by atoms with Crippen molar-refractivity contribution in [3.63, 3.8) is 0 Å². The van der Waals surface area contributed by atoms with Crippen molar-refractivity contribution in [1.82, 2.24) is 19.7 Å². The summed E-state index contributed by atoms with van der Waals surface area (Å²) in [6.45, 7) is 4.01. The van der Waals surface area contributed by atoms with E-state index in [9.17, 15) is 4.79 Å². The van der Waals surface area contributed by atoms with Crippen LogP contribution in [0.3, 0.4) is 0 Å². The molecule has 0 radical (unpaired) electrons. The fourth-order valence-corrected chi connectivity index (χ4v) is 3.07. The van der Waals surface area contributed by atoms with Gasteiger partial charge in [-0.25, -0.2) is 4.98 Å². The highest BCUT2D eigenvalue weighted by Gasteiger charge is 2.21. The van der Waals surface area contributed by atoms with Crippen LogP contribution in [0.5, 0.6) is 0 Å². The van der Waals surface area contributed by atoms with Crippen molar-refractivity contribution in [2.24, 2.45) is 0 Å². The third-order valence-corrected chi connectivity index (χ3v) is 4.68. The minimum Gasteiger partial charge on any atom is -0.339 e. The zero-order valence-electron chi connectivity index (χ0n) is 12.6. The van der Waals surface area contributed by atoms with Gasteiger partial charge in [0.05, 0.1) is 5.51 Å². The van der Waals surface area contributed by atoms with Crippen LogP contribution in [0, 0.1) is 0 Å². The maximum Gasteiger partial charge on any atom is 0.273 e. The summed E-state index contributed by atoms with van der Waals surface area (Å²) >= 11 is 1.46. The zero-order valence-corrected chi connectivity index (χ0v) is 13.4. The molecule has 2 heterocycles. The van der Waals surface area contributed by atoms with E-state index in [4.69, 9.17) is 0 Å². The maximum atomic E-state index is 12.1. The summed E-state index contributed by atoms with van der Waals surface area (Å²) in [5.74, 6) is 0.0167. The van der Waals surface area contributed by atoms with Crippen molar-refractivity contribution < 1.29 is 4.79 Å². The Labute approximate surface area is 125 Å². The average molecular weight is 296 g/mol. The Morgan fingerprint density at radius 1 is 1.40 bits per heavy atom. The van der Waals surface area contributed by atoms with Crippen LogP contribution in [0.2, 0.25) is 0 Å². The number of thiazole rings is 1. The van der Waals surface area contributed by atoms with E-state index in [1.54, 1.807) is 15.8 Å². The molecule has 0 N–H and O–H groups in total. The molecule has 0 bridgehead atoms. The minimum absolute atomic E-state index is 0.0167. The number of likely N-dealkylation sites (N-methyl/N-ethyl adjacent to an activating group) is 2. The van der Waals surface area contributed by atoms with Gasteiger partial charge in [-0.15, -0.1) is 11.3 Å². The van der Waals surface area contributed by atoms with E-state index in [0.717, 1.165) is 13.1 Å². The Balaban J connectivity index is 1.75. The van der Waals surface area contributed by atoms with Crippen molar-refractivity contribution in [3.05, 3.63) is 16.6 Å². The number of aromatic nitrogens is 1. The first-order valence-electron chi connectivity index (χ1n) is 7.10. The van der Waals surface area contributed by atoms with E-state index in [0.29, 0.717) is 11.7 Å². The summed E-state index contributed by atoms with van der Waals surface area (Å²) in [5, 5.41) is 1.81. The number of carbonyl (C=O) groups is 1. The van der Waals surface area contributed by atoms with E-state index in [-0.39, 0.29) is 5.91 Å². The van der Waals surface area contributed by atoms with Crippen LogP contribution in [0.25, 0.3) is 0 Å². The molecular weight excluding hydrogens is 272 g/mol. The summed E-state index contributed by atoms with van der Waals surface area (Å²) in [6, 6.07) is 0.647. The smallest absolute Gasteiger partial charge is 0.273 e. The predicted molar refractivity (Wildman–Crippen MR) is 82.2 cm³/mol. The third kappa shape index (κ3) is 4.01. The highest BCUT2D eigenvalue weighted by atomic mass is 32.1. The van der Waals surface area contributed by atoms with Crippen LogP contribution >= 0.6 is 11.3 Å². The molecule has 6 heteroatoms. The first kappa shape index (κ1) is 15.4. The topological polar surface area (TPSA) is 39.7 Å². The van der Waals surface area contributed by atoms with E-state index in [1.165, 1.54) is 37.3 Å². The summed E-state index contributed by atoms with van der Waals surface area (Å²) in [6.07, 6.45) is 2.44. The average Bonchev–Trinajstić information content (AvgIpc) is 2.98. The van der Waals surface area contributed by atoms with Crippen LogP contribution in [0.4, 0.5) is 0 Å². The molecule has 1 saturated heterocycles. The molecule has 5 nitrogen and oxygen atoms in total. The molecule has 0 aromatic carbocycles. The molecule has 1 aromatic heterocycles. The molecule has 1 aromatic rings.